The van der Waals surface area contributed by atoms with E-state index in [0.29, 0.717) is 0 Å². The largest absolute Gasteiger partial charge is 0.298 e. The SMILES string of the molecule is C=CCSc1c(C=O)cccc1-c1ccccc1. The van der Waals surface area contributed by atoms with Crippen molar-refractivity contribution in [2.45, 2.75) is 4.90 Å². The molecule has 2 aromatic rings. The highest BCUT2D eigenvalue weighted by Crippen LogP contribution is 2.33. The van der Waals surface area contributed by atoms with Crippen LogP contribution in [0.1, 0.15) is 10.4 Å². The van der Waals surface area contributed by atoms with Gasteiger partial charge in [0.2, 0.25) is 0 Å². The summed E-state index contributed by atoms with van der Waals surface area (Å²) < 4.78 is 0. The molecule has 0 aromatic heterocycles. The lowest BCUT2D eigenvalue weighted by molar-refractivity contribution is 0.112. The van der Waals surface area contributed by atoms with E-state index in [4.69, 9.17) is 0 Å². The molecule has 90 valence electrons. The van der Waals surface area contributed by atoms with Crippen LogP contribution in [0.3, 0.4) is 0 Å². The minimum absolute atomic E-state index is 0.739. The zero-order valence-corrected chi connectivity index (χ0v) is 10.8. The van der Waals surface area contributed by atoms with Gasteiger partial charge in [0, 0.05) is 16.2 Å². The second kappa shape index (κ2) is 6.22. The fraction of sp³-hybridized carbons (Fsp3) is 0.0625. The minimum Gasteiger partial charge on any atom is -0.298 e. The van der Waals surface area contributed by atoms with Gasteiger partial charge in [-0.3, -0.25) is 4.79 Å². The summed E-state index contributed by atoms with van der Waals surface area (Å²) in [6.45, 7) is 3.72. The van der Waals surface area contributed by atoms with Crippen LogP contribution < -0.4 is 0 Å². The summed E-state index contributed by atoms with van der Waals surface area (Å²) in [6, 6.07) is 15.9. The first-order chi connectivity index (χ1) is 8.86. The van der Waals surface area contributed by atoms with Crippen LogP contribution in [0.25, 0.3) is 11.1 Å². The van der Waals surface area contributed by atoms with Crippen molar-refractivity contribution in [3.8, 4) is 11.1 Å². The molecule has 0 N–H and O–H groups in total. The van der Waals surface area contributed by atoms with Gasteiger partial charge in [-0.05, 0) is 11.1 Å². The Labute approximate surface area is 112 Å². The maximum atomic E-state index is 11.1. The fourth-order valence-electron chi connectivity index (χ4n) is 1.80. The summed E-state index contributed by atoms with van der Waals surface area (Å²) in [6.07, 6.45) is 2.76. The maximum Gasteiger partial charge on any atom is 0.151 e. The van der Waals surface area contributed by atoms with Crippen LogP contribution in [-0.2, 0) is 0 Å². The van der Waals surface area contributed by atoms with Crippen molar-refractivity contribution >= 4 is 18.0 Å². The van der Waals surface area contributed by atoms with Crippen molar-refractivity contribution in [2.75, 3.05) is 5.75 Å². The first kappa shape index (κ1) is 12.7. The van der Waals surface area contributed by atoms with Crippen molar-refractivity contribution in [1.29, 1.82) is 0 Å². The van der Waals surface area contributed by atoms with E-state index >= 15 is 0 Å². The summed E-state index contributed by atoms with van der Waals surface area (Å²) in [5, 5.41) is 0. The topological polar surface area (TPSA) is 17.1 Å². The van der Waals surface area contributed by atoms with Crippen molar-refractivity contribution in [2.24, 2.45) is 0 Å². The lowest BCUT2D eigenvalue weighted by atomic mass is 10.0. The van der Waals surface area contributed by atoms with Gasteiger partial charge in [-0.15, -0.1) is 18.3 Å². The number of carbonyl (C=O) groups excluding carboxylic acids is 1. The molecule has 2 aromatic carbocycles. The van der Waals surface area contributed by atoms with Gasteiger partial charge in [0.1, 0.15) is 0 Å². The van der Waals surface area contributed by atoms with Crippen LogP contribution in [0.15, 0.2) is 66.1 Å². The van der Waals surface area contributed by atoms with Crippen LogP contribution >= 0.6 is 11.8 Å². The summed E-state index contributed by atoms with van der Waals surface area (Å²) in [5.74, 6) is 0.796. The van der Waals surface area contributed by atoms with Gasteiger partial charge in [0.25, 0.3) is 0 Å². The number of aldehydes is 1. The van der Waals surface area contributed by atoms with Gasteiger partial charge in [-0.1, -0.05) is 54.6 Å². The smallest absolute Gasteiger partial charge is 0.151 e. The quantitative estimate of drug-likeness (QED) is 0.445. The van der Waals surface area contributed by atoms with E-state index in [1.807, 2.05) is 42.5 Å². The van der Waals surface area contributed by atoms with Crippen LogP contribution in [0.2, 0.25) is 0 Å². The van der Waals surface area contributed by atoms with E-state index < -0.39 is 0 Å². The molecule has 0 saturated heterocycles. The Balaban J connectivity index is 2.52. The molecule has 0 heterocycles. The maximum absolute atomic E-state index is 11.1. The molecular formula is C16H14OS. The normalized spacial score (nSPS) is 10.0. The van der Waals surface area contributed by atoms with Crippen molar-refractivity contribution in [3.05, 3.63) is 66.7 Å². The molecule has 0 spiro atoms. The number of thioether (sulfide) groups is 1. The molecular weight excluding hydrogens is 240 g/mol. The molecule has 0 fully saturated rings. The first-order valence-electron chi connectivity index (χ1n) is 5.74. The van der Waals surface area contributed by atoms with E-state index in [1.165, 1.54) is 0 Å². The lowest BCUT2D eigenvalue weighted by Crippen LogP contribution is -1.90. The lowest BCUT2D eigenvalue weighted by Gasteiger charge is -2.10. The van der Waals surface area contributed by atoms with E-state index in [-0.39, 0.29) is 0 Å². The monoisotopic (exact) mass is 254 g/mol. The highest BCUT2D eigenvalue weighted by Gasteiger charge is 2.09. The van der Waals surface area contributed by atoms with E-state index in [9.17, 15) is 4.79 Å². The van der Waals surface area contributed by atoms with Crippen LogP contribution in [0.5, 0.6) is 0 Å². The highest BCUT2D eigenvalue weighted by atomic mass is 32.2. The summed E-state index contributed by atoms with van der Waals surface area (Å²) >= 11 is 1.64. The molecule has 0 aliphatic heterocycles. The fourth-order valence-corrected chi connectivity index (χ4v) is 2.70. The second-order valence-electron chi connectivity index (χ2n) is 3.81. The summed E-state index contributed by atoms with van der Waals surface area (Å²) in [7, 11) is 0. The van der Waals surface area contributed by atoms with Crippen molar-refractivity contribution < 1.29 is 4.79 Å². The third-order valence-corrected chi connectivity index (χ3v) is 3.75. The van der Waals surface area contributed by atoms with Crippen LogP contribution in [0, 0.1) is 0 Å². The van der Waals surface area contributed by atoms with Gasteiger partial charge < -0.3 is 0 Å². The molecule has 0 saturated carbocycles. The third kappa shape index (κ3) is 2.71. The third-order valence-electron chi connectivity index (χ3n) is 2.60. The first-order valence-corrected chi connectivity index (χ1v) is 6.72. The molecule has 0 bridgehead atoms. The molecule has 0 aliphatic rings. The number of hydrogen-bond donors (Lipinski definition) is 0. The summed E-state index contributed by atoms with van der Waals surface area (Å²) in [5.41, 5.74) is 2.98. The standard InChI is InChI=1S/C16H14OS/c1-2-11-18-16-14(12-17)9-6-10-15(16)13-7-4-3-5-8-13/h2-10,12H,1,11H2. The molecule has 0 amide bonds. The predicted molar refractivity (Wildman–Crippen MR) is 78.2 cm³/mol. The molecule has 0 radical (unpaired) electrons. The van der Waals surface area contributed by atoms with Crippen LogP contribution in [-0.4, -0.2) is 12.0 Å². The molecule has 0 aliphatic carbocycles. The van der Waals surface area contributed by atoms with E-state index in [2.05, 4.69) is 18.7 Å². The zero-order valence-electron chi connectivity index (χ0n) is 10.0. The zero-order chi connectivity index (χ0) is 12.8. The average molecular weight is 254 g/mol. The van der Waals surface area contributed by atoms with Crippen molar-refractivity contribution in [3.63, 3.8) is 0 Å². The Kier molecular flexibility index (Phi) is 4.37. The number of hydrogen-bond acceptors (Lipinski definition) is 2. The van der Waals surface area contributed by atoms with E-state index in [0.717, 1.165) is 33.6 Å². The predicted octanol–water partition coefficient (Wildman–Crippen LogP) is 4.44. The van der Waals surface area contributed by atoms with Gasteiger partial charge >= 0.3 is 0 Å². The Morgan fingerprint density at radius 3 is 2.50 bits per heavy atom. The number of carbonyl (C=O) groups is 1. The number of benzene rings is 2. The molecule has 2 rings (SSSR count). The van der Waals surface area contributed by atoms with Gasteiger partial charge in [0.15, 0.2) is 6.29 Å². The van der Waals surface area contributed by atoms with Crippen LogP contribution in [0.4, 0.5) is 0 Å². The Morgan fingerprint density at radius 2 is 1.83 bits per heavy atom. The average Bonchev–Trinajstić information content (AvgIpc) is 2.45. The Hall–Kier alpha value is -1.80. The van der Waals surface area contributed by atoms with E-state index in [1.54, 1.807) is 11.8 Å². The Morgan fingerprint density at radius 1 is 1.06 bits per heavy atom. The molecule has 0 atom stereocenters. The molecule has 18 heavy (non-hydrogen) atoms. The van der Waals surface area contributed by atoms with Crippen molar-refractivity contribution in [1.82, 2.24) is 0 Å². The minimum atomic E-state index is 0.739. The van der Waals surface area contributed by atoms with Gasteiger partial charge in [0.05, 0.1) is 0 Å². The number of rotatable bonds is 5. The summed E-state index contributed by atoms with van der Waals surface area (Å²) in [4.78, 5) is 12.2. The van der Waals surface area contributed by atoms with Gasteiger partial charge in [-0.2, -0.15) is 0 Å². The molecule has 2 heteroatoms. The Bertz CT molecular complexity index is 546. The van der Waals surface area contributed by atoms with Gasteiger partial charge in [-0.25, -0.2) is 0 Å². The second-order valence-corrected chi connectivity index (χ2v) is 4.84. The molecule has 0 unspecified atom stereocenters. The highest BCUT2D eigenvalue weighted by molar-refractivity contribution is 7.99. The molecule has 1 nitrogen and oxygen atoms in total.